The van der Waals surface area contributed by atoms with Gasteiger partial charge in [-0.15, -0.1) is 0 Å². The number of benzene rings is 8. The summed E-state index contributed by atoms with van der Waals surface area (Å²) >= 11 is 0. The van der Waals surface area contributed by atoms with Crippen LogP contribution in [0.4, 0.5) is 11.4 Å². The van der Waals surface area contributed by atoms with E-state index in [1.165, 1.54) is 0 Å². The molecule has 302 valence electrons. The molecule has 8 aromatic carbocycles. The van der Waals surface area contributed by atoms with Crippen molar-refractivity contribution in [1.82, 2.24) is 4.57 Å². The number of fused-ring (bicyclic) bond motifs is 3. The third-order valence-corrected chi connectivity index (χ3v) is 11.3. The van der Waals surface area contributed by atoms with Crippen molar-refractivity contribution in [2.45, 2.75) is 46.3 Å². The second-order valence-corrected chi connectivity index (χ2v) is 15.9. The maximum absolute atomic E-state index is 12.1. The molecule has 6 heteroatoms. The first-order chi connectivity index (χ1) is 29.7. The lowest BCUT2D eigenvalue weighted by Gasteiger charge is -2.24. The lowest BCUT2D eigenvalue weighted by Crippen LogP contribution is -2.23. The van der Waals surface area contributed by atoms with Crippen molar-refractivity contribution in [3.63, 3.8) is 0 Å². The highest BCUT2D eigenvalue weighted by molar-refractivity contribution is 6.09. The molecule has 9 rings (SSSR count). The van der Waals surface area contributed by atoms with E-state index >= 15 is 0 Å². The van der Waals surface area contributed by atoms with Gasteiger partial charge in [0, 0.05) is 50.7 Å². The van der Waals surface area contributed by atoms with Crippen LogP contribution in [0.5, 0.6) is 23.0 Å². The van der Waals surface area contributed by atoms with E-state index in [0.29, 0.717) is 34.7 Å². The van der Waals surface area contributed by atoms with E-state index < -0.39 is 0 Å². The highest BCUT2D eigenvalue weighted by Crippen LogP contribution is 2.45. The molecule has 1 heterocycles. The predicted octanol–water partition coefficient (Wildman–Crippen LogP) is 14.2. The second-order valence-electron chi connectivity index (χ2n) is 15.9. The van der Waals surface area contributed by atoms with Crippen molar-refractivity contribution in [1.29, 1.82) is 0 Å². The van der Waals surface area contributed by atoms with Gasteiger partial charge in [0.25, 0.3) is 0 Å². The number of nitrogens with one attached hydrogen (secondary N) is 1. The van der Waals surface area contributed by atoms with Crippen molar-refractivity contribution in [2.75, 3.05) is 5.32 Å². The molecular formula is C55H48N2O4. The number of hydrogen-bond acceptors (Lipinski definition) is 5. The lowest BCUT2D eigenvalue weighted by atomic mass is 9.99. The topological polar surface area (TPSA) is 75.9 Å². The van der Waals surface area contributed by atoms with Crippen molar-refractivity contribution in [3.8, 4) is 62.1 Å². The zero-order valence-corrected chi connectivity index (χ0v) is 34.8. The summed E-state index contributed by atoms with van der Waals surface area (Å²) in [5.74, 6) is 1.68. The summed E-state index contributed by atoms with van der Waals surface area (Å²) in [7, 11) is 0. The van der Waals surface area contributed by atoms with Gasteiger partial charge in [-0.25, -0.2) is 0 Å². The fourth-order valence-corrected chi connectivity index (χ4v) is 8.58. The number of phenolic OH excluding ortho intramolecular Hbond substituents is 2. The number of phenols is 2. The molecule has 0 amide bonds. The summed E-state index contributed by atoms with van der Waals surface area (Å²) in [6, 6.07) is 58.7. The Balaban J connectivity index is 0.961. The van der Waals surface area contributed by atoms with Crippen molar-refractivity contribution in [3.05, 3.63) is 187 Å². The molecule has 61 heavy (non-hydrogen) atoms. The molecule has 2 atom stereocenters. The number of nitrogens with zero attached hydrogens (tertiary/aromatic N) is 1. The largest absolute Gasteiger partial charge is 0.505 e. The van der Waals surface area contributed by atoms with Crippen LogP contribution in [-0.2, 0) is 0 Å². The summed E-state index contributed by atoms with van der Waals surface area (Å²) in [5.41, 5.74) is 11.4. The van der Waals surface area contributed by atoms with Gasteiger partial charge in [0.05, 0.1) is 34.6 Å². The zero-order valence-electron chi connectivity index (χ0n) is 34.8. The van der Waals surface area contributed by atoms with E-state index in [9.17, 15) is 10.2 Å². The maximum atomic E-state index is 12.1. The van der Waals surface area contributed by atoms with Crippen LogP contribution in [0, 0.1) is 13.8 Å². The molecular weight excluding hydrogens is 753 g/mol. The van der Waals surface area contributed by atoms with Crippen molar-refractivity contribution >= 4 is 33.2 Å². The summed E-state index contributed by atoms with van der Waals surface area (Å²) in [5, 5.41) is 29.7. The van der Waals surface area contributed by atoms with Gasteiger partial charge >= 0.3 is 0 Å². The monoisotopic (exact) mass is 800 g/mol. The number of aromatic hydroxyl groups is 2. The molecule has 0 aliphatic carbocycles. The third-order valence-electron chi connectivity index (χ3n) is 11.3. The van der Waals surface area contributed by atoms with Crippen LogP contribution in [0.1, 0.15) is 31.4 Å². The highest BCUT2D eigenvalue weighted by Gasteiger charge is 2.22. The van der Waals surface area contributed by atoms with Crippen LogP contribution in [0.25, 0.3) is 60.9 Å². The molecule has 0 fully saturated rings. The summed E-state index contributed by atoms with van der Waals surface area (Å²) in [4.78, 5) is 0. The Kier molecular flexibility index (Phi) is 10.7. The zero-order chi connectivity index (χ0) is 42.0. The number of para-hydroxylation sites is 5. The molecule has 9 aromatic rings. The predicted molar refractivity (Wildman–Crippen MR) is 251 cm³/mol. The number of ether oxygens (including phenoxy) is 2. The standard InChI is InChI=1S/C55H48N2O4/c1-35-30-45(54(58)48(32-35)56-47-25-13-8-20-40(47)39-18-6-5-7-19-39)43-23-11-16-28-52(43)60-37(3)34-38(4)61-53-29-17-12-24-44(53)46-31-36(2)33-51(55(46)59)57-49-26-14-9-21-41(49)42-22-10-15-27-50(42)57/h5-33,37-38,56,58-59H,34H2,1-4H3. The van der Waals surface area contributed by atoms with E-state index in [4.69, 9.17) is 9.47 Å². The Hall–Kier alpha value is -7.44. The van der Waals surface area contributed by atoms with Crippen LogP contribution in [0.2, 0.25) is 0 Å². The Bertz CT molecular complexity index is 2970. The quantitative estimate of drug-likeness (QED) is 0.107. The average Bonchev–Trinajstić information content (AvgIpc) is 3.60. The fourth-order valence-electron chi connectivity index (χ4n) is 8.58. The van der Waals surface area contributed by atoms with Gasteiger partial charge < -0.3 is 29.6 Å². The minimum absolute atomic E-state index is 0.145. The molecule has 0 aliphatic heterocycles. The van der Waals surface area contributed by atoms with Crippen LogP contribution in [-0.4, -0.2) is 27.0 Å². The molecule has 0 saturated heterocycles. The van der Waals surface area contributed by atoms with E-state index in [-0.39, 0.29) is 23.7 Å². The first-order valence-electron chi connectivity index (χ1n) is 20.8. The van der Waals surface area contributed by atoms with Crippen LogP contribution < -0.4 is 14.8 Å². The van der Waals surface area contributed by atoms with Gasteiger partial charge in [-0.1, -0.05) is 121 Å². The van der Waals surface area contributed by atoms with Gasteiger partial charge in [-0.3, -0.25) is 0 Å². The van der Waals surface area contributed by atoms with Crippen molar-refractivity contribution in [2.24, 2.45) is 0 Å². The van der Waals surface area contributed by atoms with Crippen molar-refractivity contribution < 1.29 is 19.7 Å². The second kappa shape index (κ2) is 16.7. The molecule has 3 N–H and O–H groups in total. The third kappa shape index (κ3) is 7.76. The molecule has 0 spiro atoms. The smallest absolute Gasteiger partial charge is 0.147 e. The summed E-state index contributed by atoms with van der Waals surface area (Å²) in [6.45, 7) is 8.17. The molecule has 0 radical (unpaired) electrons. The Morgan fingerprint density at radius 3 is 1.56 bits per heavy atom. The molecule has 0 aliphatic rings. The normalized spacial score (nSPS) is 12.3. The highest BCUT2D eigenvalue weighted by atomic mass is 16.5. The first-order valence-corrected chi connectivity index (χ1v) is 20.8. The first kappa shape index (κ1) is 39.0. The van der Waals surface area contributed by atoms with Crippen LogP contribution >= 0.6 is 0 Å². The minimum Gasteiger partial charge on any atom is -0.505 e. The van der Waals surface area contributed by atoms with Gasteiger partial charge in [0.1, 0.15) is 23.0 Å². The fraction of sp³-hybridized carbons (Fsp3) is 0.127. The number of aromatic nitrogens is 1. The SMILES string of the molecule is Cc1cc(Nc2ccccc2-c2ccccc2)c(O)c(-c2ccccc2OC(C)CC(C)Oc2ccccc2-c2cc(C)cc(-n3c4ccccc4c4ccccc43)c2O)c1. The number of aryl methyl sites for hydroxylation is 2. The Labute approximate surface area is 356 Å². The van der Waals surface area contributed by atoms with Gasteiger partial charge in [0.15, 0.2) is 0 Å². The van der Waals surface area contributed by atoms with Gasteiger partial charge in [-0.2, -0.15) is 0 Å². The van der Waals surface area contributed by atoms with E-state index in [1.807, 2.05) is 142 Å². The number of hydrogen-bond donors (Lipinski definition) is 3. The molecule has 0 bridgehead atoms. The summed E-state index contributed by atoms with van der Waals surface area (Å²) < 4.78 is 15.5. The minimum atomic E-state index is -0.236. The molecule has 1 aromatic heterocycles. The van der Waals surface area contributed by atoms with Gasteiger partial charge in [-0.05, 0) is 99.0 Å². The summed E-state index contributed by atoms with van der Waals surface area (Å²) in [6.07, 6.45) is 0.109. The maximum Gasteiger partial charge on any atom is 0.147 e. The molecule has 6 nitrogen and oxygen atoms in total. The van der Waals surface area contributed by atoms with E-state index in [1.54, 1.807) is 0 Å². The Morgan fingerprint density at radius 2 is 0.951 bits per heavy atom. The van der Waals surface area contributed by atoms with Crippen LogP contribution in [0.15, 0.2) is 176 Å². The lowest BCUT2D eigenvalue weighted by molar-refractivity contribution is 0.131. The van der Waals surface area contributed by atoms with E-state index in [2.05, 4.69) is 71.4 Å². The number of anilines is 2. The van der Waals surface area contributed by atoms with Crippen LogP contribution in [0.3, 0.4) is 0 Å². The van der Waals surface area contributed by atoms with E-state index in [0.717, 1.165) is 66.6 Å². The molecule has 2 unspecified atom stereocenters. The van der Waals surface area contributed by atoms with Gasteiger partial charge in [0.2, 0.25) is 0 Å². The number of rotatable bonds is 12. The average molecular weight is 801 g/mol. The molecule has 0 saturated carbocycles. The Morgan fingerprint density at radius 1 is 0.475 bits per heavy atom.